The number of rotatable bonds is 0. The summed E-state index contributed by atoms with van der Waals surface area (Å²) < 4.78 is 7.47. The molecule has 0 bridgehead atoms. The van der Waals surface area contributed by atoms with Crippen LogP contribution in [0.3, 0.4) is 0 Å². The number of hydrogen-bond donors (Lipinski definition) is 4. The van der Waals surface area contributed by atoms with Gasteiger partial charge in [-0.1, -0.05) is 179 Å². The van der Waals surface area contributed by atoms with Crippen LogP contribution in [0.15, 0.2) is 230 Å². The van der Waals surface area contributed by atoms with Crippen LogP contribution in [0, 0.1) is 85.3 Å². The number of H-pyrrole nitrogens is 5. The van der Waals surface area contributed by atoms with Crippen LogP contribution in [0.5, 0.6) is 0 Å². The van der Waals surface area contributed by atoms with Gasteiger partial charge in [-0.05, 0) is 118 Å². The number of hydrogen-bond acceptors (Lipinski definition) is 5. The van der Waals surface area contributed by atoms with Crippen LogP contribution in [0.25, 0.3) is 20.6 Å². The number of aromatic nitrogens is 7. The zero-order valence-corrected chi connectivity index (χ0v) is 54.1. The molecule has 0 aliphatic carbocycles. The molecule has 4 aromatic heterocycles. The molecule has 7 aromatic carbocycles. The first-order chi connectivity index (χ1) is 42.9. The number of imidazole rings is 3. The molecule has 88 heavy (non-hydrogen) atoms. The summed E-state index contributed by atoms with van der Waals surface area (Å²) in [7, 11) is 4.56. The van der Waals surface area contributed by atoms with Gasteiger partial charge in [-0.15, -0.1) is 6.42 Å². The van der Waals surface area contributed by atoms with E-state index in [-0.39, 0.29) is 7.43 Å². The lowest BCUT2D eigenvalue weighted by atomic mass is 10.1. The number of aryl methyl sites for hydroxylation is 8. The SMILES string of the molecule is C.C#Cc1ccccc1C.C1=Nc2ccccc2C1.C1=Nc2ccccc2C1.CC.Cc1c[nH+]c[nH]1.Cc1c[nH]c[n+]1C.Cc1ccccc1C#N.Cc1cnc[nH]1.P=S.[2H]S.[C-]#[N+]c1ccccc1C.[C-]#[N+]c1ccccc1C.c1ccc2[nH]ccc2c1. The zero-order valence-electron chi connectivity index (χ0n) is 52.4. The van der Waals surface area contributed by atoms with Crippen LogP contribution in [-0.2, 0) is 31.7 Å². The van der Waals surface area contributed by atoms with E-state index in [0.29, 0.717) is 0 Å². The number of benzene rings is 7. The van der Waals surface area contributed by atoms with E-state index >= 15 is 0 Å². The fourth-order valence-corrected chi connectivity index (χ4v) is 7.07. The van der Waals surface area contributed by atoms with E-state index in [1.807, 2.05) is 250 Å². The van der Waals surface area contributed by atoms with Gasteiger partial charge in [0.15, 0.2) is 11.4 Å². The molecule has 2 aliphatic rings. The molecule has 0 fully saturated rings. The summed E-state index contributed by atoms with van der Waals surface area (Å²) in [6.45, 7) is 31.2. The molecule has 0 atom stereocenters. The molecule has 6 heterocycles. The first-order valence-corrected chi connectivity index (χ1v) is 29.2. The average molecular weight is 1230 g/mol. The van der Waals surface area contributed by atoms with Crippen molar-refractivity contribution < 1.29 is 9.55 Å². The van der Waals surface area contributed by atoms with Crippen LogP contribution in [-0.4, -0.2) is 38.5 Å². The molecular formula is C73H85N12PS2+2. The van der Waals surface area contributed by atoms with Gasteiger partial charge in [0.2, 0.25) is 12.7 Å². The molecule has 0 amide bonds. The summed E-state index contributed by atoms with van der Waals surface area (Å²) in [6.07, 6.45) is 24.1. The van der Waals surface area contributed by atoms with Gasteiger partial charge in [-0.2, -0.15) is 18.7 Å². The minimum absolute atomic E-state index is 0. The van der Waals surface area contributed by atoms with Crippen molar-refractivity contribution in [3.63, 3.8) is 0 Å². The molecule has 2 aliphatic heterocycles. The van der Waals surface area contributed by atoms with Crippen molar-refractivity contribution >= 4 is 79.3 Å². The Morgan fingerprint density at radius 3 is 1.40 bits per heavy atom. The molecule has 0 spiro atoms. The lowest BCUT2D eigenvalue weighted by Crippen LogP contribution is -2.27. The maximum Gasteiger partial charge on any atom is 0.241 e. The van der Waals surface area contributed by atoms with Gasteiger partial charge in [0.25, 0.3) is 0 Å². The normalized spacial score (nSPS) is 9.47. The third-order valence-electron chi connectivity index (χ3n) is 12.0. The van der Waals surface area contributed by atoms with E-state index < -0.39 is 0 Å². The Morgan fingerprint density at radius 1 is 0.625 bits per heavy atom. The zero-order chi connectivity index (χ0) is 65.2. The van der Waals surface area contributed by atoms with Gasteiger partial charge in [0, 0.05) is 68.3 Å². The molecule has 0 saturated heterocycles. The first kappa shape index (κ1) is 76.0. The molecule has 13 rings (SSSR count). The second kappa shape index (κ2) is 48.2. The van der Waals surface area contributed by atoms with Crippen LogP contribution in [0.1, 0.15) is 82.9 Å². The Kier molecular flexibility index (Phi) is 41.6. The number of fused-ring (bicyclic) bond motifs is 3. The number of para-hydroxylation sites is 5. The van der Waals surface area contributed by atoms with E-state index in [9.17, 15) is 0 Å². The maximum atomic E-state index is 8.47. The van der Waals surface area contributed by atoms with Gasteiger partial charge in [0.05, 0.1) is 50.7 Å². The van der Waals surface area contributed by atoms with Crippen molar-refractivity contribution in [2.45, 2.75) is 82.6 Å². The smallest absolute Gasteiger partial charge is 0.241 e. The van der Waals surface area contributed by atoms with Crippen molar-refractivity contribution in [2.24, 2.45) is 17.0 Å². The maximum absolute atomic E-state index is 8.47. The summed E-state index contributed by atoms with van der Waals surface area (Å²) >= 11 is 6.67. The molecule has 0 radical (unpaired) electrons. The van der Waals surface area contributed by atoms with Gasteiger partial charge in [-0.3, -0.25) is 15.0 Å². The second-order valence-corrected chi connectivity index (χ2v) is 18.2. The Balaban J connectivity index is 0.000000959. The number of aliphatic imine (C=N–C) groups is 2. The Hall–Kier alpha value is -10.1. The minimum Gasteiger partial charge on any atom is -0.361 e. The molecule has 15 heteroatoms. The van der Waals surface area contributed by atoms with E-state index in [1.165, 1.54) is 33.3 Å². The Labute approximate surface area is 539 Å². The summed E-state index contributed by atoms with van der Waals surface area (Å²) in [4.78, 5) is 33.5. The van der Waals surface area contributed by atoms with E-state index in [1.54, 1.807) is 18.9 Å². The minimum atomic E-state index is 0. The Morgan fingerprint density at radius 2 is 1.09 bits per heavy atom. The highest BCUT2D eigenvalue weighted by Crippen LogP contribution is 2.23. The lowest BCUT2D eigenvalue weighted by molar-refractivity contribution is -0.676. The van der Waals surface area contributed by atoms with Crippen molar-refractivity contribution in [3.8, 4) is 18.4 Å². The number of nitrogens with one attached hydrogen (secondary N) is 5. The fourth-order valence-electron chi connectivity index (χ4n) is 7.07. The number of nitriles is 1. The van der Waals surface area contributed by atoms with Gasteiger partial charge in [0.1, 0.15) is 23.8 Å². The van der Waals surface area contributed by atoms with Gasteiger partial charge >= 0.3 is 0 Å². The van der Waals surface area contributed by atoms with Crippen molar-refractivity contribution in [3.05, 3.63) is 304 Å². The largest absolute Gasteiger partial charge is 0.361 e. The Bertz CT molecular complexity index is 3490. The number of nitrogens with zero attached hydrogens (tertiary/aromatic N) is 7. The molecule has 5 N–H and O–H groups in total. The lowest BCUT2D eigenvalue weighted by Gasteiger charge is -1.92. The predicted octanol–water partition coefficient (Wildman–Crippen LogP) is 18.4. The molecular weight excluding hydrogens is 1140 g/mol. The van der Waals surface area contributed by atoms with E-state index in [0.717, 1.165) is 74.8 Å². The van der Waals surface area contributed by atoms with Crippen molar-refractivity contribution in [1.29, 1.82) is 6.39 Å². The van der Waals surface area contributed by atoms with Crippen molar-refractivity contribution in [2.75, 3.05) is 0 Å². The monoisotopic (exact) mass is 1230 g/mol. The highest BCUT2D eigenvalue weighted by molar-refractivity contribution is 7.88. The average Bonchev–Trinajstić information content (AvgIpc) is 4.57. The summed E-state index contributed by atoms with van der Waals surface area (Å²) in [6, 6.07) is 59.4. The topological polar surface area (TPSA) is 151 Å². The van der Waals surface area contributed by atoms with Crippen molar-refractivity contribution in [1.82, 2.24) is 24.9 Å². The van der Waals surface area contributed by atoms with Gasteiger partial charge < -0.3 is 9.97 Å². The molecule has 0 unspecified atom stereocenters. The summed E-state index contributed by atoms with van der Waals surface area (Å²) in [5.74, 6) is 2.60. The first-order valence-electron chi connectivity index (χ1n) is 28.0. The summed E-state index contributed by atoms with van der Waals surface area (Å²) in [5.41, 5.74) is 17.2. The molecule has 12 nitrogen and oxygen atoms in total. The molecule has 11 aromatic rings. The highest BCUT2D eigenvalue weighted by Gasteiger charge is 2.03. The fraction of sp³-hybridized carbons (Fsp3) is 0.178. The molecule has 452 valence electrons. The second-order valence-electron chi connectivity index (χ2n) is 18.2. The quantitative estimate of drug-likeness (QED) is 0.0518. The third-order valence-corrected chi connectivity index (χ3v) is 12.0. The predicted molar refractivity (Wildman–Crippen MR) is 381 cm³/mol. The van der Waals surface area contributed by atoms with E-state index in [2.05, 4.69) is 132 Å². The third kappa shape index (κ3) is 31.2. The van der Waals surface area contributed by atoms with Crippen LogP contribution >= 0.6 is 21.4 Å². The van der Waals surface area contributed by atoms with Gasteiger partial charge in [-0.25, -0.2) is 29.2 Å². The number of aromatic amines is 5. The molecule has 0 saturated carbocycles. The highest BCUT2D eigenvalue weighted by atomic mass is 32.4. The van der Waals surface area contributed by atoms with Crippen LogP contribution in [0.4, 0.5) is 22.7 Å². The van der Waals surface area contributed by atoms with Crippen LogP contribution < -0.4 is 9.55 Å². The number of terminal acetylenes is 1. The van der Waals surface area contributed by atoms with Crippen LogP contribution in [0.2, 0.25) is 0 Å². The summed E-state index contributed by atoms with van der Waals surface area (Å²) in [5, 5.41) is 9.74. The standard InChI is InChI=1S/C9H8.6C8H7N.C5H8N2.2C4H6N2.C2H6.CH4.HPS.H2S/c1-3-9-7-5-4-6-8(9)2;3*1-2-4-8-7(3-1)5-6-9-8;2*1-7-5-3-4-6-8(7)9-2;1-7-4-2-3-5-8(7)6-9;1-5-3-6-4-7(5)2;2*1-4-2-5-3-6-4;1-2;;1-2;/h1,4-7H,2H3;2*1-4,6H,5H2;1-6,9H;2*3-6H,1H3;2-5H,1H3;3-4H,1-2H3;2*2-3H,1H3,(H,5,6);1-2H3;1H4;1H;1H2/p+2/i/hD. The van der Waals surface area contributed by atoms with E-state index in [4.69, 9.17) is 26.0 Å².